The van der Waals surface area contributed by atoms with Crippen LogP contribution in [0.4, 0.5) is 5.69 Å². The molecule has 0 spiro atoms. The molecule has 5 nitrogen and oxygen atoms in total. The molecule has 0 N–H and O–H groups in total. The normalized spacial score (nSPS) is 19.7. The van der Waals surface area contributed by atoms with Crippen molar-refractivity contribution < 1.29 is 9.59 Å². The van der Waals surface area contributed by atoms with Crippen molar-refractivity contribution in [3.8, 4) is 0 Å². The molecule has 2 heterocycles. The summed E-state index contributed by atoms with van der Waals surface area (Å²) >= 11 is 0. The van der Waals surface area contributed by atoms with Gasteiger partial charge in [0.25, 0.3) is 0 Å². The van der Waals surface area contributed by atoms with Gasteiger partial charge in [0.2, 0.25) is 11.8 Å². The Morgan fingerprint density at radius 1 is 0.966 bits per heavy atom. The first-order valence-corrected chi connectivity index (χ1v) is 10.4. The van der Waals surface area contributed by atoms with Crippen molar-refractivity contribution in [2.45, 2.75) is 26.8 Å². The molecule has 2 amide bonds. The molecule has 2 fully saturated rings. The van der Waals surface area contributed by atoms with Gasteiger partial charge in [-0.25, -0.2) is 0 Å². The number of likely N-dealkylation sites (tertiary alicyclic amines) is 1. The number of aryl methyl sites for hydroxylation is 2. The van der Waals surface area contributed by atoms with Crippen molar-refractivity contribution in [2.75, 3.05) is 37.6 Å². The van der Waals surface area contributed by atoms with Crippen LogP contribution in [0.2, 0.25) is 0 Å². The fraction of sp³-hybridized carbons (Fsp3) is 0.417. The second-order valence-electron chi connectivity index (χ2n) is 8.31. The maximum absolute atomic E-state index is 13.0. The lowest BCUT2D eigenvalue weighted by atomic mass is 10.1. The zero-order chi connectivity index (χ0) is 20.4. The molecule has 2 aliphatic rings. The van der Waals surface area contributed by atoms with Gasteiger partial charge < -0.3 is 14.7 Å². The van der Waals surface area contributed by atoms with Crippen molar-refractivity contribution in [3.05, 3.63) is 65.2 Å². The number of carbonyl (C=O) groups is 2. The third kappa shape index (κ3) is 4.44. The molecule has 0 aliphatic carbocycles. The van der Waals surface area contributed by atoms with E-state index in [-0.39, 0.29) is 17.7 Å². The maximum atomic E-state index is 13.0. The monoisotopic (exact) mass is 391 g/mol. The standard InChI is InChI=1S/C24H29N3O2/c1-18-6-8-20(9-7-18)16-27-17-21(15-23(27)28)24(29)26-12-10-25(11-13-26)22-5-3-4-19(2)14-22/h3-9,14,21H,10-13,15-17H2,1-2H3. The summed E-state index contributed by atoms with van der Waals surface area (Å²) in [4.78, 5) is 31.6. The van der Waals surface area contributed by atoms with Crippen LogP contribution in [0, 0.1) is 19.8 Å². The molecule has 0 radical (unpaired) electrons. The Labute approximate surface area is 172 Å². The Kier molecular flexibility index (Phi) is 5.56. The van der Waals surface area contributed by atoms with E-state index in [9.17, 15) is 9.59 Å². The van der Waals surface area contributed by atoms with Crippen LogP contribution in [0.1, 0.15) is 23.1 Å². The summed E-state index contributed by atoms with van der Waals surface area (Å²) in [6, 6.07) is 16.7. The minimum absolute atomic E-state index is 0.0855. The smallest absolute Gasteiger partial charge is 0.228 e. The summed E-state index contributed by atoms with van der Waals surface area (Å²) in [5.41, 5.74) is 4.79. The van der Waals surface area contributed by atoms with Crippen molar-refractivity contribution in [3.63, 3.8) is 0 Å². The first-order valence-electron chi connectivity index (χ1n) is 10.4. The van der Waals surface area contributed by atoms with E-state index in [1.165, 1.54) is 16.8 Å². The largest absolute Gasteiger partial charge is 0.368 e. The SMILES string of the molecule is Cc1ccc(CN2CC(C(=O)N3CCN(c4cccc(C)c4)CC3)CC2=O)cc1. The lowest BCUT2D eigenvalue weighted by Crippen LogP contribution is -2.50. The minimum atomic E-state index is -0.210. The Hall–Kier alpha value is -2.82. The van der Waals surface area contributed by atoms with E-state index in [2.05, 4.69) is 67.3 Å². The number of nitrogens with zero attached hydrogens (tertiary/aromatic N) is 3. The maximum Gasteiger partial charge on any atom is 0.228 e. The second kappa shape index (κ2) is 8.27. The highest BCUT2D eigenvalue weighted by atomic mass is 16.2. The lowest BCUT2D eigenvalue weighted by molar-refractivity contribution is -0.136. The summed E-state index contributed by atoms with van der Waals surface area (Å²) in [5, 5.41) is 0. The molecule has 2 aromatic carbocycles. The highest BCUT2D eigenvalue weighted by Crippen LogP contribution is 2.24. The van der Waals surface area contributed by atoms with Crippen LogP contribution in [-0.4, -0.2) is 54.3 Å². The second-order valence-corrected chi connectivity index (χ2v) is 8.31. The van der Waals surface area contributed by atoms with E-state index in [1.54, 1.807) is 0 Å². The lowest BCUT2D eigenvalue weighted by Gasteiger charge is -2.37. The van der Waals surface area contributed by atoms with E-state index in [1.807, 2.05) is 9.80 Å². The number of benzene rings is 2. The van der Waals surface area contributed by atoms with Crippen LogP contribution in [0.3, 0.4) is 0 Å². The summed E-state index contributed by atoms with van der Waals surface area (Å²) in [5.74, 6) is 0.00874. The van der Waals surface area contributed by atoms with Gasteiger partial charge in [0.1, 0.15) is 0 Å². The van der Waals surface area contributed by atoms with Crippen LogP contribution in [0.5, 0.6) is 0 Å². The molecule has 1 atom stereocenters. The van der Waals surface area contributed by atoms with Crippen molar-refractivity contribution in [1.82, 2.24) is 9.80 Å². The number of anilines is 1. The topological polar surface area (TPSA) is 43.9 Å². The number of amides is 2. The van der Waals surface area contributed by atoms with Crippen LogP contribution >= 0.6 is 0 Å². The molecule has 2 aliphatic heterocycles. The highest BCUT2D eigenvalue weighted by molar-refractivity contribution is 5.89. The van der Waals surface area contributed by atoms with Gasteiger partial charge in [0.15, 0.2) is 0 Å². The fourth-order valence-corrected chi connectivity index (χ4v) is 4.27. The Bertz CT molecular complexity index is 885. The molecule has 0 bridgehead atoms. The molecule has 152 valence electrons. The summed E-state index contributed by atoms with van der Waals surface area (Å²) in [6.07, 6.45) is 0.336. The average Bonchev–Trinajstić information content (AvgIpc) is 3.09. The number of hydrogen-bond acceptors (Lipinski definition) is 3. The van der Waals surface area contributed by atoms with E-state index in [4.69, 9.17) is 0 Å². The average molecular weight is 392 g/mol. The minimum Gasteiger partial charge on any atom is -0.368 e. The number of hydrogen-bond donors (Lipinski definition) is 0. The van der Waals surface area contributed by atoms with Crippen LogP contribution in [0.25, 0.3) is 0 Å². The third-order valence-electron chi connectivity index (χ3n) is 6.02. The van der Waals surface area contributed by atoms with Gasteiger partial charge >= 0.3 is 0 Å². The van der Waals surface area contributed by atoms with Crippen LogP contribution in [-0.2, 0) is 16.1 Å². The zero-order valence-corrected chi connectivity index (χ0v) is 17.3. The summed E-state index contributed by atoms with van der Waals surface area (Å²) in [6.45, 7) is 8.38. The van der Waals surface area contributed by atoms with Gasteiger partial charge in [-0.05, 0) is 37.1 Å². The summed E-state index contributed by atoms with van der Waals surface area (Å²) < 4.78 is 0. The van der Waals surface area contributed by atoms with E-state index >= 15 is 0 Å². The van der Waals surface area contributed by atoms with Gasteiger partial charge in [-0.3, -0.25) is 9.59 Å². The van der Waals surface area contributed by atoms with Crippen molar-refractivity contribution in [1.29, 1.82) is 0 Å². The van der Waals surface area contributed by atoms with Crippen LogP contribution in [0.15, 0.2) is 48.5 Å². The predicted molar refractivity (Wildman–Crippen MR) is 115 cm³/mol. The van der Waals surface area contributed by atoms with Crippen LogP contribution < -0.4 is 4.90 Å². The molecule has 2 saturated heterocycles. The molecule has 1 unspecified atom stereocenters. The van der Waals surface area contributed by atoms with Gasteiger partial charge in [0, 0.05) is 51.4 Å². The number of rotatable bonds is 4. The predicted octanol–water partition coefficient (Wildman–Crippen LogP) is 3.00. The Morgan fingerprint density at radius 2 is 1.69 bits per heavy atom. The molecular weight excluding hydrogens is 362 g/mol. The molecule has 4 rings (SSSR count). The van der Waals surface area contributed by atoms with E-state index in [0.717, 1.165) is 31.7 Å². The first kappa shape index (κ1) is 19.5. The molecule has 0 aromatic heterocycles. The number of piperazine rings is 1. The van der Waals surface area contributed by atoms with E-state index in [0.29, 0.717) is 19.5 Å². The Morgan fingerprint density at radius 3 is 2.38 bits per heavy atom. The van der Waals surface area contributed by atoms with Gasteiger partial charge in [-0.2, -0.15) is 0 Å². The molecule has 5 heteroatoms. The van der Waals surface area contributed by atoms with Crippen molar-refractivity contribution in [2.24, 2.45) is 5.92 Å². The molecule has 2 aromatic rings. The van der Waals surface area contributed by atoms with E-state index < -0.39 is 0 Å². The highest BCUT2D eigenvalue weighted by Gasteiger charge is 2.37. The Balaban J connectivity index is 1.32. The fourth-order valence-electron chi connectivity index (χ4n) is 4.27. The molecule has 0 saturated carbocycles. The third-order valence-corrected chi connectivity index (χ3v) is 6.02. The summed E-state index contributed by atoms with van der Waals surface area (Å²) in [7, 11) is 0. The van der Waals surface area contributed by atoms with Gasteiger partial charge in [-0.1, -0.05) is 42.0 Å². The van der Waals surface area contributed by atoms with Gasteiger partial charge in [0.05, 0.1) is 5.92 Å². The molecular formula is C24H29N3O2. The first-order chi connectivity index (χ1) is 14.0. The number of carbonyl (C=O) groups excluding carboxylic acids is 2. The zero-order valence-electron chi connectivity index (χ0n) is 17.3. The van der Waals surface area contributed by atoms with Gasteiger partial charge in [-0.15, -0.1) is 0 Å². The molecule has 29 heavy (non-hydrogen) atoms. The van der Waals surface area contributed by atoms with Crippen molar-refractivity contribution >= 4 is 17.5 Å². The quantitative estimate of drug-likeness (QED) is 0.805.